The first-order valence-corrected chi connectivity index (χ1v) is 20.3. The highest BCUT2D eigenvalue weighted by molar-refractivity contribution is 5.97. The van der Waals surface area contributed by atoms with Crippen LogP contribution in [-0.2, 0) is 10.8 Å². The van der Waals surface area contributed by atoms with Crippen LogP contribution < -0.4 is 10.2 Å². The third-order valence-electron chi connectivity index (χ3n) is 13.1. The number of nitrogens with zero attached hydrogens (tertiary/aromatic N) is 1. The van der Waals surface area contributed by atoms with Gasteiger partial charge in [-0.3, -0.25) is 0 Å². The molecule has 1 N–H and O–H groups in total. The fourth-order valence-electron chi connectivity index (χ4n) is 10.6. The quantitative estimate of drug-likeness (QED) is 0.190. The molecule has 0 saturated carbocycles. The van der Waals surface area contributed by atoms with E-state index in [1.807, 2.05) is 0 Å². The molecule has 1 atom stereocenters. The number of allylic oxidation sites excluding steroid dienone is 6. The summed E-state index contributed by atoms with van der Waals surface area (Å²) in [6.07, 6.45) is 12.4. The molecule has 2 nitrogen and oxygen atoms in total. The lowest BCUT2D eigenvalue weighted by atomic mass is 9.69. The molecule has 1 heterocycles. The first-order valence-electron chi connectivity index (χ1n) is 20.3. The Labute approximate surface area is 337 Å². The molecule has 1 aliphatic heterocycles. The third-order valence-corrected chi connectivity index (χ3v) is 13.1. The molecule has 4 aliphatic rings. The molecular weight excluding hydrogens is 689 g/mol. The minimum absolute atomic E-state index is 0.0981. The lowest BCUT2D eigenvalue weighted by molar-refractivity contribution is 0.492. The molecule has 10 rings (SSSR count). The summed E-state index contributed by atoms with van der Waals surface area (Å²) in [5, 5.41) is 4.16. The summed E-state index contributed by atoms with van der Waals surface area (Å²) < 4.78 is 0. The summed E-state index contributed by atoms with van der Waals surface area (Å²) in [6.45, 7) is 16.6. The van der Waals surface area contributed by atoms with Gasteiger partial charge < -0.3 is 10.2 Å². The fourth-order valence-corrected chi connectivity index (χ4v) is 10.6. The van der Waals surface area contributed by atoms with Gasteiger partial charge in [-0.1, -0.05) is 162 Å². The van der Waals surface area contributed by atoms with Gasteiger partial charge in [-0.25, -0.2) is 0 Å². The highest BCUT2D eigenvalue weighted by Gasteiger charge is 2.47. The van der Waals surface area contributed by atoms with Crippen LogP contribution in [-0.4, -0.2) is 5.54 Å². The molecule has 0 amide bonds. The highest BCUT2D eigenvalue weighted by Crippen LogP contribution is 2.56. The summed E-state index contributed by atoms with van der Waals surface area (Å²) in [7, 11) is 0. The van der Waals surface area contributed by atoms with Crippen molar-refractivity contribution in [2.45, 2.75) is 57.4 Å². The fraction of sp³-hybridized carbons (Fsp3) is 0.164. The van der Waals surface area contributed by atoms with Gasteiger partial charge in [0, 0.05) is 33.8 Å². The Morgan fingerprint density at radius 2 is 1.21 bits per heavy atom. The van der Waals surface area contributed by atoms with Crippen LogP contribution in [0.4, 0.5) is 17.1 Å². The lowest BCUT2D eigenvalue weighted by Gasteiger charge is -2.42. The Morgan fingerprint density at radius 3 is 2.00 bits per heavy atom. The average Bonchev–Trinajstić information content (AvgIpc) is 3.61. The second-order valence-corrected chi connectivity index (χ2v) is 17.3. The van der Waals surface area contributed by atoms with Crippen LogP contribution in [0.3, 0.4) is 0 Å². The Hall–Kier alpha value is -6.38. The number of benzene rings is 6. The van der Waals surface area contributed by atoms with Crippen molar-refractivity contribution in [3.05, 3.63) is 216 Å². The highest BCUT2D eigenvalue weighted by atomic mass is 15.1. The maximum atomic E-state index is 4.68. The average molecular weight is 737 g/mol. The predicted molar refractivity (Wildman–Crippen MR) is 243 cm³/mol. The van der Waals surface area contributed by atoms with Gasteiger partial charge in [0.05, 0.1) is 16.9 Å². The maximum absolute atomic E-state index is 4.68. The van der Waals surface area contributed by atoms with Crippen molar-refractivity contribution in [3.63, 3.8) is 0 Å². The number of hydrogen-bond acceptors (Lipinski definition) is 2. The van der Waals surface area contributed by atoms with Crippen molar-refractivity contribution < 1.29 is 0 Å². The molecule has 0 saturated heterocycles. The van der Waals surface area contributed by atoms with Crippen molar-refractivity contribution in [2.75, 3.05) is 10.2 Å². The third kappa shape index (κ3) is 5.38. The van der Waals surface area contributed by atoms with Crippen LogP contribution >= 0.6 is 0 Å². The Balaban J connectivity index is 1.09. The molecular formula is C55H48N2. The summed E-state index contributed by atoms with van der Waals surface area (Å²) in [6, 6.07) is 51.0. The van der Waals surface area contributed by atoms with Crippen LogP contribution in [0.2, 0.25) is 0 Å². The van der Waals surface area contributed by atoms with Crippen molar-refractivity contribution in [1.29, 1.82) is 0 Å². The first kappa shape index (κ1) is 35.1. The zero-order valence-electron chi connectivity index (χ0n) is 33.5. The van der Waals surface area contributed by atoms with Crippen LogP contribution in [0.25, 0.3) is 39.0 Å². The topological polar surface area (TPSA) is 15.3 Å². The van der Waals surface area contributed by atoms with Crippen molar-refractivity contribution in [3.8, 4) is 22.3 Å². The van der Waals surface area contributed by atoms with Crippen LogP contribution in [0.5, 0.6) is 0 Å². The second-order valence-electron chi connectivity index (χ2n) is 17.3. The van der Waals surface area contributed by atoms with Gasteiger partial charge in [-0.2, -0.15) is 0 Å². The predicted octanol–water partition coefficient (Wildman–Crippen LogP) is 14.3. The van der Waals surface area contributed by atoms with Gasteiger partial charge in [-0.05, 0) is 117 Å². The molecule has 2 heteroatoms. The normalized spacial score (nSPS) is 21.0. The van der Waals surface area contributed by atoms with Crippen molar-refractivity contribution in [1.82, 2.24) is 0 Å². The summed E-state index contributed by atoms with van der Waals surface area (Å²) in [5.74, 6) is 0. The molecule has 278 valence electrons. The molecule has 0 bridgehead atoms. The molecule has 6 aromatic rings. The summed E-state index contributed by atoms with van der Waals surface area (Å²) in [5.41, 5.74) is 20.6. The molecule has 0 spiro atoms. The van der Waals surface area contributed by atoms with E-state index in [2.05, 4.69) is 221 Å². The molecule has 0 aromatic heterocycles. The zero-order chi connectivity index (χ0) is 39.1. The van der Waals surface area contributed by atoms with E-state index in [1.165, 1.54) is 61.3 Å². The number of hydrogen-bond donors (Lipinski definition) is 1. The molecule has 0 radical (unpaired) electrons. The Kier molecular flexibility index (Phi) is 7.89. The Bertz CT molecular complexity index is 2770. The van der Waals surface area contributed by atoms with Crippen LogP contribution in [0, 0.1) is 0 Å². The Morgan fingerprint density at radius 1 is 0.561 bits per heavy atom. The van der Waals surface area contributed by atoms with E-state index >= 15 is 0 Å². The van der Waals surface area contributed by atoms with Crippen molar-refractivity contribution >= 4 is 33.8 Å². The standard InChI is InChI=1S/C55H48N2/c1-36-34-39(31-33-57(49-27-15-12-20-40(36)49)50-28-16-23-43-41-21-10-13-25-46(41)53(2,3)51(43)50)38-29-30-48(45(35-38)37-18-8-7-9-19-37)56-55(6)32-17-24-44-42-22-11-14-26-47(42)54(4,5)52(44)55/h7-31,33-35,56H,1,32H2,2-6H3/b33-31-,39-34+. The van der Waals surface area contributed by atoms with Gasteiger partial charge in [-0.15, -0.1) is 0 Å². The SMILES string of the molecule is C=C1/C=C(c2ccc(NC3(C)CC=CC4=C3C(C)(C)c3ccccc34)c(-c3ccccc3)c2)\C=C/N(c2cccc3c2C(C)(C)c2ccccc2-3)c2ccccc21. The van der Waals surface area contributed by atoms with E-state index in [4.69, 9.17) is 0 Å². The summed E-state index contributed by atoms with van der Waals surface area (Å²) >= 11 is 0. The van der Waals surface area contributed by atoms with E-state index in [0.717, 1.165) is 40.1 Å². The number of para-hydroxylation sites is 1. The second kappa shape index (κ2) is 12.8. The number of nitrogens with one attached hydrogen (secondary N) is 1. The van der Waals surface area contributed by atoms with E-state index in [1.54, 1.807) is 0 Å². The largest absolute Gasteiger partial charge is 0.375 e. The minimum Gasteiger partial charge on any atom is -0.375 e. The van der Waals surface area contributed by atoms with E-state index in [0.29, 0.717) is 0 Å². The molecule has 6 aromatic carbocycles. The van der Waals surface area contributed by atoms with E-state index in [9.17, 15) is 0 Å². The zero-order valence-corrected chi connectivity index (χ0v) is 33.5. The first-order chi connectivity index (χ1) is 27.6. The van der Waals surface area contributed by atoms with Gasteiger partial charge in [0.25, 0.3) is 0 Å². The molecule has 57 heavy (non-hydrogen) atoms. The van der Waals surface area contributed by atoms with E-state index < -0.39 is 0 Å². The molecule has 1 unspecified atom stereocenters. The lowest BCUT2D eigenvalue weighted by Crippen LogP contribution is -2.43. The van der Waals surface area contributed by atoms with Crippen LogP contribution in [0.15, 0.2) is 182 Å². The summed E-state index contributed by atoms with van der Waals surface area (Å²) in [4.78, 5) is 2.39. The minimum atomic E-state index is -0.279. The van der Waals surface area contributed by atoms with Gasteiger partial charge in [0.1, 0.15) is 0 Å². The number of anilines is 3. The van der Waals surface area contributed by atoms with Crippen molar-refractivity contribution in [2.24, 2.45) is 0 Å². The molecule has 0 fully saturated rings. The smallest absolute Gasteiger partial charge is 0.0609 e. The maximum Gasteiger partial charge on any atom is 0.0609 e. The number of rotatable bonds is 5. The monoisotopic (exact) mass is 736 g/mol. The number of fused-ring (bicyclic) bond motifs is 6. The molecule has 3 aliphatic carbocycles. The van der Waals surface area contributed by atoms with E-state index in [-0.39, 0.29) is 16.4 Å². The van der Waals surface area contributed by atoms with Gasteiger partial charge in [0.2, 0.25) is 0 Å². The van der Waals surface area contributed by atoms with Gasteiger partial charge in [0.15, 0.2) is 0 Å². The van der Waals surface area contributed by atoms with Crippen LogP contribution in [0.1, 0.15) is 74.4 Å². The van der Waals surface area contributed by atoms with Gasteiger partial charge >= 0.3 is 0 Å².